The van der Waals surface area contributed by atoms with Crippen molar-refractivity contribution >= 4 is 5.91 Å². The third kappa shape index (κ3) is 2.35. The molecule has 1 aliphatic heterocycles. The van der Waals surface area contributed by atoms with Crippen LogP contribution in [0.2, 0.25) is 0 Å². The summed E-state index contributed by atoms with van der Waals surface area (Å²) in [6, 6.07) is 1.93. The van der Waals surface area contributed by atoms with Crippen molar-refractivity contribution < 1.29 is 4.79 Å². The predicted molar refractivity (Wildman–Crippen MR) is 54.3 cm³/mol. The summed E-state index contributed by atoms with van der Waals surface area (Å²) in [5.41, 5.74) is 0.263. The first kappa shape index (κ1) is 10.8. The van der Waals surface area contributed by atoms with E-state index in [2.05, 4.69) is 6.92 Å². The quantitative estimate of drug-likeness (QED) is 0.469. The Labute approximate surface area is 85.0 Å². The highest BCUT2D eigenvalue weighted by Gasteiger charge is 2.22. The number of amides is 1. The van der Waals surface area contributed by atoms with Gasteiger partial charge in [0.2, 0.25) is 0 Å². The highest BCUT2D eigenvalue weighted by atomic mass is 16.2. The summed E-state index contributed by atoms with van der Waals surface area (Å²) in [4.78, 5) is 13.5. The van der Waals surface area contributed by atoms with Gasteiger partial charge in [-0.25, -0.2) is 0 Å². The van der Waals surface area contributed by atoms with E-state index in [-0.39, 0.29) is 11.5 Å². The summed E-state index contributed by atoms with van der Waals surface area (Å²) in [7, 11) is 0. The zero-order valence-electron chi connectivity index (χ0n) is 8.79. The van der Waals surface area contributed by atoms with Gasteiger partial charge < -0.3 is 4.90 Å². The average molecular weight is 192 g/mol. The predicted octanol–water partition coefficient (Wildman–Crippen LogP) is 1.71. The van der Waals surface area contributed by atoms with Crippen LogP contribution in [0.15, 0.2) is 11.6 Å². The molecule has 0 aliphatic carbocycles. The molecule has 3 nitrogen and oxygen atoms in total. The number of piperidine rings is 1. The molecule has 3 heteroatoms. The third-order valence-electron chi connectivity index (χ3n) is 2.58. The first-order chi connectivity index (χ1) is 6.69. The zero-order chi connectivity index (χ0) is 10.6. The molecule has 0 saturated carbocycles. The van der Waals surface area contributed by atoms with Gasteiger partial charge in [-0.15, -0.1) is 0 Å². The molecule has 1 aliphatic rings. The summed E-state index contributed by atoms with van der Waals surface area (Å²) >= 11 is 0. The van der Waals surface area contributed by atoms with E-state index in [4.69, 9.17) is 5.26 Å². The summed E-state index contributed by atoms with van der Waals surface area (Å²) in [6.45, 7) is 5.45. The van der Waals surface area contributed by atoms with Gasteiger partial charge in [-0.1, -0.05) is 13.0 Å². The Kier molecular flexibility index (Phi) is 3.70. The molecule has 0 N–H and O–H groups in total. The van der Waals surface area contributed by atoms with E-state index >= 15 is 0 Å². The Balaban J connectivity index is 2.65. The topological polar surface area (TPSA) is 44.1 Å². The third-order valence-corrected chi connectivity index (χ3v) is 2.58. The molecular formula is C11H16N2O. The number of carbonyl (C=O) groups excluding carboxylic acids is 1. The van der Waals surface area contributed by atoms with Crippen LogP contribution in [0.4, 0.5) is 0 Å². The Hall–Kier alpha value is -1.30. The second-order valence-corrected chi connectivity index (χ2v) is 3.81. The van der Waals surface area contributed by atoms with Crippen LogP contribution in [-0.4, -0.2) is 23.9 Å². The number of carbonyl (C=O) groups is 1. The summed E-state index contributed by atoms with van der Waals surface area (Å²) in [6.07, 6.45) is 3.82. The van der Waals surface area contributed by atoms with E-state index in [0.29, 0.717) is 5.92 Å². The summed E-state index contributed by atoms with van der Waals surface area (Å²) in [5, 5.41) is 8.73. The van der Waals surface area contributed by atoms with Gasteiger partial charge in [0.05, 0.1) is 0 Å². The van der Waals surface area contributed by atoms with Gasteiger partial charge in [0.15, 0.2) is 0 Å². The normalized spacial score (nSPS) is 23.1. The van der Waals surface area contributed by atoms with Gasteiger partial charge in [0, 0.05) is 13.1 Å². The molecular weight excluding hydrogens is 176 g/mol. The molecule has 1 unspecified atom stereocenters. The second-order valence-electron chi connectivity index (χ2n) is 3.81. The Bertz CT molecular complexity index is 288. The molecule has 14 heavy (non-hydrogen) atoms. The molecule has 1 heterocycles. The van der Waals surface area contributed by atoms with Gasteiger partial charge in [-0.3, -0.25) is 4.79 Å². The first-order valence-electron chi connectivity index (χ1n) is 5.04. The smallest absolute Gasteiger partial charge is 0.264 e. The number of nitrogens with zero attached hydrogens (tertiary/aromatic N) is 2. The minimum Gasteiger partial charge on any atom is -0.338 e. The fraction of sp³-hybridized carbons (Fsp3) is 0.636. The number of hydrogen-bond acceptors (Lipinski definition) is 2. The van der Waals surface area contributed by atoms with Crippen molar-refractivity contribution in [1.29, 1.82) is 5.26 Å². The summed E-state index contributed by atoms with van der Waals surface area (Å²) in [5.74, 6) is 0.450. The van der Waals surface area contributed by atoms with Crippen LogP contribution in [0, 0.1) is 17.2 Å². The molecule has 1 saturated heterocycles. The Morgan fingerprint density at radius 1 is 1.64 bits per heavy atom. The van der Waals surface area contributed by atoms with E-state index < -0.39 is 0 Å². The maximum absolute atomic E-state index is 11.7. The fourth-order valence-electron chi connectivity index (χ4n) is 1.78. The minimum absolute atomic E-state index is 0.110. The lowest BCUT2D eigenvalue weighted by atomic mass is 9.99. The van der Waals surface area contributed by atoms with Crippen LogP contribution in [0.1, 0.15) is 26.7 Å². The number of likely N-dealkylation sites (tertiary alicyclic amines) is 1. The lowest BCUT2D eigenvalue weighted by molar-refractivity contribution is -0.128. The maximum Gasteiger partial charge on any atom is 0.264 e. The van der Waals surface area contributed by atoms with Crippen LogP contribution in [0.25, 0.3) is 0 Å². The fourth-order valence-corrected chi connectivity index (χ4v) is 1.78. The van der Waals surface area contributed by atoms with Crippen molar-refractivity contribution in [1.82, 2.24) is 4.90 Å². The van der Waals surface area contributed by atoms with Crippen LogP contribution in [0.3, 0.4) is 0 Å². The average Bonchev–Trinajstić information content (AvgIpc) is 2.19. The van der Waals surface area contributed by atoms with Gasteiger partial charge in [0.25, 0.3) is 5.91 Å². The van der Waals surface area contributed by atoms with Crippen LogP contribution in [0.5, 0.6) is 0 Å². The van der Waals surface area contributed by atoms with Gasteiger partial charge in [-0.05, 0) is 25.7 Å². The van der Waals surface area contributed by atoms with Crippen molar-refractivity contribution in [3.05, 3.63) is 11.6 Å². The van der Waals surface area contributed by atoms with E-state index in [1.165, 1.54) is 6.42 Å². The monoisotopic (exact) mass is 192 g/mol. The summed E-state index contributed by atoms with van der Waals surface area (Å²) < 4.78 is 0. The van der Waals surface area contributed by atoms with Crippen LogP contribution >= 0.6 is 0 Å². The first-order valence-corrected chi connectivity index (χ1v) is 5.04. The lowest BCUT2D eigenvalue weighted by Crippen LogP contribution is -2.39. The van der Waals surface area contributed by atoms with Crippen LogP contribution < -0.4 is 0 Å². The molecule has 0 aromatic heterocycles. The molecule has 0 bridgehead atoms. The molecule has 1 amide bonds. The van der Waals surface area contributed by atoms with Crippen molar-refractivity contribution in [2.45, 2.75) is 26.7 Å². The van der Waals surface area contributed by atoms with Crippen molar-refractivity contribution in [2.75, 3.05) is 13.1 Å². The second kappa shape index (κ2) is 4.80. The molecule has 1 atom stereocenters. The minimum atomic E-state index is -0.110. The molecule has 0 radical (unpaired) electrons. The SMILES string of the molecule is C/C=C(\C#N)C(=O)N1CCCC(C)C1. The van der Waals surface area contributed by atoms with Gasteiger partial charge >= 0.3 is 0 Å². The lowest BCUT2D eigenvalue weighted by Gasteiger charge is -2.30. The zero-order valence-corrected chi connectivity index (χ0v) is 8.79. The van der Waals surface area contributed by atoms with Crippen molar-refractivity contribution in [2.24, 2.45) is 5.92 Å². The van der Waals surface area contributed by atoms with E-state index in [1.54, 1.807) is 17.9 Å². The van der Waals surface area contributed by atoms with Gasteiger partial charge in [-0.2, -0.15) is 5.26 Å². The standard InChI is InChI=1S/C11H16N2O/c1-3-10(7-12)11(14)13-6-4-5-9(2)8-13/h3,9H,4-6,8H2,1-2H3/b10-3+. The molecule has 76 valence electrons. The highest BCUT2D eigenvalue weighted by Crippen LogP contribution is 2.17. The van der Waals surface area contributed by atoms with E-state index in [9.17, 15) is 4.79 Å². The van der Waals surface area contributed by atoms with Crippen molar-refractivity contribution in [3.63, 3.8) is 0 Å². The Morgan fingerprint density at radius 3 is 2.86 bits per heavy atom. The Morgan fingerprint density at radius 2 is 2.36 bits per heavy atom. The highest BCUT2D eigenvalue weighted by molar-refractivity contribution is 5.97. The number of rotatable bonds is 1. The molecule has 0 aromatic carbocycles. The number of allylic oxidation sites excluding steroid dienone is 1. The van der Waals surface area contributed by atoms with E-state index in [1.807, 2.05) is 6.07 Å². The maximum atomic E-state index is 11.7. The largest absolute Gasteiger partial charge is 0.338 e. The van der Waals surface area contributed by atoms with Crippen LogP contribution in [-0.2, 0) is 4.79 Å². The number of nitriles is 1. The van der Waals surface area contributed by atoms with Gasteiger partial charge in [0.1, 0.15) is 11.6 Å². The molecule has 0 spiro atoms. The molecule has 1 fully saturated rings. The van der Waals surface area contributed by atoms with Crippen molar-refractivity contribution in [3.8, 4) is 6.07 Å². The number of hydrogen-bond donors (Lipinski definition) is 0. The molecule has 0 aromatic rings. The van der Waals surface area contributed by atoms with E-state index in [0.717, 1.165) is 19.5 Å². The molecule has 1 rings (SSSR count).